The maximum absolute atomic E-state index is 11.8. The van der Waals surface area contributed by atoms with Crippen molar-refractivity contribution in [2.45, 2.75) is 19.3 Å². The number of hydrogen-bond donors (Lipinski definition) is 1. The van der Waals surface area contributed by atoms with E-state index in [1.807, 2.05) is 6.08 Å². The van der Waals surface area contributed by atoms with Crippen molar-refractivity contribution in [3.8, 4) is 11.5 Å². The second-order valence-corrected chi connectivity index (χ2v) is 6.12. The Labute approximate surface area is 140 Å². The molecule has 0 spiro atoms. The van der Waals surface area contributed by atoms with Crippen LogP contribution in [0.3, 0.4) is 0 Å². The third-order valence-corrected chi connectivity index (χ3v) is 4.66. The lowest BCUT2D eigenvalue weighted by atomic mass is 9.93. The minimum absolute atomic E-state index is 0.0108. The first-order chi connectivity index (χ1) is 11.6. The molecule has 1 saturated heterocycles. The number of amides is 1. The number of carbonyl (C=O) groups is 2. The molecule has 6 nitrogen and oxygen atoms in total. The van der Waals surface area contributed by atoms with Crippen molar-refractivity contribution < 1.29 is 24.2 Å². The zero-order valence-corrected chi connectivity index (χ0v) is 13.7. The van der Waals surface area contributed by atoms with Gasteiger partial charge in [0.1, 0.15) is 11.5 Å². The van der Waals surface area contributed by atoms with Gasteiger partial charge in [-0.3, -0.25) is 4.79 Å². The number of nitrogens with zero attached hydrogens (tertiary/aromatic N) is 1. The molecule has 1 amide bonds. The van der Waals surface area contributed by atoms with Gasteiger partial charge in [0.15, 0.2) is 6.61 Å². The molecule has 1 fully saturated rings. The number of Topliss-reactive ketones (excluding diaryl/α,β-unsaturated/α-hetero) is 1. The van der Waals surface area contributed by atoms with Gasteiger partial charge in [0, 0.05) is 13.1 Å². The summed E-state index contributed by atoms with van der Waals surface area (Å²) in [6, 6.07) is 3.53. The van der Waals surface area contributed by atoms with E-state index in [4.69, 9.17) is 14.6 Å². The van der Waals surface area contributed by atoms with Crippen molar-refractivity contribution in [1.82, 2.24) is 4.90 Å². The average Bonchev–Trinajstić information content (AvgIpc) is 2.97. The van der Waals surface area contributed by atoms with Crippen molar-refractivity contribution in [3.63, 3.8) is 0 Å². The molecule has 0 radical (unpaired) electrons. The van der Waals surface area contributed by atoms with Gasteiger partial charge < -0.3 is 19.5 Å². The number of carbonyl (C=O) groups excluding carboxylic acids is 1. The van der Waals surface area contributed by atoms with Gasteiger partial charge in [0.05, 0.1) is 18.2 Å². The molecule has 0 aliphatic carbocycles. The number of hydrogen-bond acceptors (Lipinski definition) is 4. The summed E-state index contributed by atoms with van der Waals surface area (Å²) in [7, 11) is 1.59. The van der Waals surface area contributed by atoms with Crippen LogP contribution in [-0.2, 0) is 0 Å². The van der Waals surface area contributed by atoms with Crippen LogP contribution in [0.25, 0.3) is 6.08 Å². The number of benzene rings is 1. The van der Waals surface area contributed by atoms with E-state index < -0.39 is 6.09 Å². The van der Waals surface area contributed by atoms with Gasteiger partial charge in [-0.1, -0.05) is 12.2 Å². The first-order valence-corrected chi connectivity index (χ1v) is 8.11. The number of fused-ring (bicyclic) bond motifs is 1. The molecule has 2 aliphatic heterocycles. The molecule has 2 aliphatic rings. The molecule has 1 N–H and O–H groups in total. The van der Waals surface area contributed by atoms with Gasteiger partial charge in [-0.05, 0) is 37.3 Å². The summed E-state index contributed by atoms with van der Waals surface area (Å²) < 4.78 is 10.9. The van der Waals surface area contributed by atoms with E-state index in [2.05, 4.69) is 6.08 Å². The second kappa shape index (κ2) is 6.95. The number of rotatable bonds is 4. The lowest BCUT2D eigenvalue weighted by Crippen LogP contribution is -2.37. The summed E-state index contributed by atoms with van der Waals surface area (Å²) >= 11 is 0. The summed E-state index contributed by atoms with van der Waals surface area (Å²) in [6.45, 7) is 1.27. The number of piperidine rings is 1. The summed E-state index contributed by atoms with van der Waals surface area (Å²) in [6.07, 6.45) is 5.78. The average molecular weight is 331 g/mol. The van der Waals surface area contributed by atoms with E-state index in [0.717, 1.165) is 24.8 Å². The first-order valence-electron chi connectivity index (χ1n) is 8.11. The number of carboxylic acid groups (broad SMARTS) is 1. The van der Waals surface area contributed by atoms with Crippen LogP contribution in [-0.4, -0.2) is 48.7 Å². The minimum Gasteiger partial charge on any atom is -0.496 e. The van der Waals surface area contributed by atoms with Gasteiger partial charge in [-0.15, -0.1) is 0 Å². The van der Waals surface area contributed by atoms with Crippen LogP contribution < -0.4 is 9.47 Å². The monoisotopic (exact) mass is 331 g/mol. The number of likely N-dealkylation sites (tertiary alicyclic amines) is 1. The summed E-state index contributed by atoms with van der Waals surface area (Å²) in [4.78, 5) is 24.2. The van der Waals surface area contributed by atoms with Crippen molar-refractivity contribution in [3.05, 3.63) is 29.3 Å². The van der Waals surface area contributed by atoms with Crippen LogP contribution in [0.5, 0.6) is 11.5 Å². The van der Waals surface area contributed by atoms with Gasteiger partial charge in [0.25, 0.3) is 0 Å². The Morgan fingerprint density at radius 2 is 2.17 bits per heavy atom. The molecule has 0 aromatic heterocycles. The topological polar surface area (TPSA) is 76.1 Å². The highest BCUT2D eigenvalue weighted by Gasteiger charge is 2.25. The lowest BCUT2D eigenvalue weighted by Gasteiger charge is -2.29. The third-order valence-electron chi connectivity index (χ3n) is 4.66. The number of allylic oxidation sites excluding steroid dienone is 1. The van der Waals surface area contributed by atoms with Crippen LogP contribution in [0, 0.1) is 5.92 Å². The molecule has 6 heteroatoms. The molecular weight excluding hydrogens is 310 g/mol. The predicted octanol–water partition coefficient (Wildman–Crippen LogP) is 3.06. The highest BCUT2D eigenvalue weighted by molar-refractivity contribution is 6.03. The zero-order chi connectivity index (χ0) is 17.1. The van der Waals surface area contributed by atoms with Crippen molar-refractivity contribution in [1.29, 1.82) is 0 Å². The maximum atomic E-state index is 11.8. The highest BCUT2D eigenvalue weighted by atomic mass is 16.5. The Hall–Kier alpha value is -2.50. The molecule has 1 aromatic carbocycles. The molecule has 3 rings (SSSR count). The van der Waals surface area contributed by atoms with E-state index in [0.29, 0.717) is 36.1 Å². The normalized spacial score (nSPS) is 17.9. The maximum Gasteiger partial charge on any atom is 0.407 e. The van der Waals surface area contributed by atoms with Gasteiger partial charge in [-0.25, -0.2) is 4.79 Å². The Kier molecular flexibility index (Phi) is 4.74. The molecule has 0 atom stereocenters. The van der Waals surface area contributed by atoms with E-state index in [1.165, 1.54) is 4.90 Å². The molecule has 0 saturated carbocycles. The molecule has 2 heterocycles. The Morgan fingerprint density at radius 3 is 2.83 bits per heavy atom. The molecule has 24 heavy (non-hydrogen) atoms. The van der Waals surface area contributed by atoms with Gasteiger partial charge in [0.2, 0.25) is 5.78 Å². The summed E-state index contributed by atoms with van der Waals surface area (Å²) in [5, 5.41) is 8.97. The smallest absolute Gasteiger partial charge is 0.407 e. The van der Waals surface area contributed by atoms with Crippen molar-refractivity contribution in [2.75, 3.05) is 26.8 Å². The number of methoxy groups -OCH3 is 1. The summed E-state index contributed by atoms with van der Waals surface area (Å²) in [5.41, 5.74) is 1.40. The predicted molar refractivity (Wildman–Crippen MR) is 88.8 cm³/mol. The van der Waals surface area contributed by atoms with Crippen LogP contribution in [0.2, 0.25) is 0 Å². The fourth-order valence-corrected chi connectivity index (χ4v) is 3.25. The first kappa shape index (κ1) is 16.4. The Bertz CT molecular complexity index is 674. The fraction of sp³-hybridized carbons (Fsp3) is 0.444. The highest BCUT2D eigenvalue weighted by Crippen LogP contribution is 2.37. The fourth-order valence-electron chi connectivity index (χ4n) is 3.25. The van der Waals surface area contributed by atoms with Crippen molar-refractivity contribution >= 4 is 18.0 Å². The van der Waals surface area contributed by atoms with Crippen LogP contribution in [0.4, 0.5) is 4.79 Å². The molecule has 1 aromatic rings. The molecule has 128 valence electrons. The summed E-state index contributed by atoms with van der Waals surface area (Å²) in [5.74, 6) is 1.74. The zero-order valence-electron chi connectivity index (χ0n) is 13.7. The van der Waals surface area contributed by atoms with Crippen LogP contribution in [0.1, 0.15) is 35.2 Å². The van der Waals surface area contributed by atoms with E-state index in [-0.39, 0.29) is 12.4 Å². The Balaban J connectivity index is 1.67. The van der Waals surface area contributed by atoms with E-state index in [9.17, 15) is 9.59 Å². The van der Waals surface area contributed by atoms with Gasteiger partial charge >= 0.3 is 6.09 Å². The number of ketones is 1. The molecule has 0 bridgehead atoms. The van der Waals surface area contributed by atoms with Gasteiger partial charge in [-0.2, -0.15) is 0 Å². The number of ether oxygens (including phenoxy) is 2. The Morgan fingerprint density at radius 1 is 1.42 bits per heavy atom. The van der Waals surface area contributed by atoms with Crippen molar-refractivity contribution in [2.24, 2.45) is 5.92 Å². The lowest BCUT2D eigenvalue weighted by molar-refractivity contribution is 0.0961. The van der Waals surface area contributed by atoms with E-state index >= 15 is 0 Å². The SMILES string of the molecule is COc1ccc2c(c1/C=C\CC1CCN(C(=O)O)CC1)OCC2=O. The van der Waals surface area contributed by atoms with Crippen LogP contribution in [0.15, 0.2) is 18.2 Å². The molecular formula is C18H21NO5. The third kappa shape index (κ3) is 3.22. The minimum atomic E-state index is -0.838. The van der Waals surface area contributed by atoms with E-state index in [1.54, 1.807) is 19.2 Å². The molecule has 0 unspecified atom stereocenters. The van der Waals surface area contributed by atoms with Crippen LogP contribution >= 0.6 is 0 Å². The quantitative estimate of drug-likeness (QED) is 0.917. The second-order valence-electron chi connectivity index (χ2n) is 6.12. The largest absolute Gasteiger partial charge is 0.496 e. The standard InChI is InChI=1S/C18H21NO5/c1-23-16-6-5-13-15(20)11-24-17(13)14(16)4-2-3-12-7-9-19(10-8-12)18(21)22/h2,4-6,12H,3,7-11H2,1H3,(H,21,22)/b4-2-.